The van der Waals surface area contributed by atoms with E-state index < -0.39 is 0 Å². The third-order valence-corrected chi connectivity index (χ3v) is 0.899. The zero-order chi connectivity index (χ0) is 7.28. The Kier molecular flexibility index (Phi) is 4.10. The molecule has 0 atom stereocenters. The first-order valence-electron chi connectivity index (χ1n) is 3.24. The summed E-state index contributed by atoms with van der Waals surface area (Å²) in [7, 11) is 0. The molecule has 9 heavy (non-hydrogen) atoms. The SMILES string of the molecule is C[CH]NC(=O)CC(C)C. The van der Waals surface area contributed by atoms with Gasteiger partial charge >= 0.3 is 0 Å². The van der Waals surface area contributed by atoms with E-state index >= 15 is 0 Å². The van der Waals surface area contributed by atoms with Crippen LogP contribution >= 0.6 is 0 Å². The van der Waals surface area contributed by atoms with Crippen LogP contribution in [-0.4, -0.2) is 5.91 Å². The molecule has 1 radical (unpaired) electrons. The molecule has 0 saturated heterocycles. The van der Waals surface area contributed by atoms with Crippen molar-refractivity contribution in [3.8, 4) is 0 Å². The molecule has 0 heterocycles. The number of carbonyl (C=O) groups is 1. The fourth-order valence-electron chi connectivity index (χ4n) is 0.591. The monoisotopic (exact) mass is 128 g/mol. The summed E-state index contributed by atoms with van der Waals surface area (Å²) in [5, 5.41) is 2.61. The largest absolute Gasteiger partial charge is 0.352 e. The van der Waals surface area contributed by atoms with Crippen LogP contribution < -0.4 is 5.32 Å². The van der Waals surface area contributed by atoms with Crippen molar-refractivity contribution < 1.29 is 4.79 Å². The predicted molar refractivity (Wildman–Crippen MR) is 37.6 cm³/mol. The lowest BCUT2D eigenvalue weighted by molar-refractivity contribution is -0.121. The molecule has 1 N–H and O–H groups in total. The number of hydrogen-bond donors (Lipinski definition) is 1. The van der Waals surface area contributed by atoms with Crippen LogP contribution in [0.1, 0.15) is 27.2 Å². The van der Waals surface area contributed by atoms with E-state index in [-0.39, 0.29) is 5.91 Å². The lowest BCUT2D eigenvalue weighted by Crippen LogP contribution is -2.20. The molecule has 0 unspecified atom stereocenters. The molecule has 0 fully saturated rings. The average molecular weight is 128 g/mol. The molecule has 0 aromatic heterocycles. The second-order valence-corrected chi connectivity index (χ2v) is 2.45. The highest BCUT2D eigenvalue weighted by Gasteiger charge is 2.01. The minimum atomic E-state index is 0.104. The highest BCUT2D eigenvalue weighted by molar-refractivity contribution is 5.76. The van der Waals surface area contributed by atoms with Crippen molar-refractivity contribution in [1.29, 1.82) is 0 Å². The van der Waals surface area contributed by atoms with Gasteiger partial charge in [-0.1, -0.05) is 13.8 Å². The second kappa shape index (κ2) is 4.36. The van der Waals surface area contributed by atoms with Crippen LogP contribution in [-0.2, 0) is 4.79 Å². The molecule has 53 valence electrons. The lowest BCUT2D eigenvalue weighted by Gasteiger charge is -2.02. The van der Waals surface area contributed by atoms with E-state index in [2.05, 4.69) is 5.32 Å². The van der Waals surface area contributed by atoms with Gasteiger partial charge in [-0.3, -0.25) is 4.79 Å². The fraction of sp³-hybridized carbons (Fsp3) is 0.714. The van der Waals surface area contributed by atoms with Gasteiger partial charge in [0.15, 0.2) is 0 Å². The van der Waals surface area contributed by atoms with Crippen molar-refractivity contribution in [2.45, 2.75) is 27.2 Å². The fourth-order valence-corrected chi connectivity index (χ4v) is 0.591. The van der Waals surface area contributed by atoms with Crippen molar-refractivity contribution in [2.75, 3.05) is 0 Å². The van der Waals surface area contributed by atoms with E-state index in [4.69, 9.17) is 0 Å². The van der Waals surface area contributed by atoms with Crippen molar-refractivity contribution in [1.82, 2.24) is 5.32 Å². The Bertz CT molecular complexity index is 88.9. The molecule has 0 spiro atoms. The van der Waals surface area contributed by atoms with Gasteiger partial charge in [-0.25, -0.2) is 0 Å². The molecule has 0 aliphatic carbocycles. The molecule has 0 bridgehead atoms. The first-order chi connectivity index (χ1) is 4.16. The van der Waals surface area contributed by atoms with Gasteiger partial charge in [0.2, 0.25) is 5.91 Å². The van der Waals surface area contributed by atoms with Gasteiger partial charge in [0.25, 0.3) is 0 Å². The zero-order valence-electron chi connectivity index (χ0n) is 6.27. The Morgan fingerprint density at radius 1 is 1.67 bits per heavy atom. The summed E-state index contributed by atoms with van der Waals surface area (Å²) < 4.78 is 0. The van der Waals surface area contributed by atoms with Gasteiger partial charge in [0.05, 0.1) is 0 Å². The molecule has 0 aromatic carbocycles. The van der Waals surface area contributed by atoms with Crippen molar-refractivity contribution in [2.24, 2.45) is 5.92 Å². The summed E-state index contributed by atoms with van der Waals surface area (Å²) in [6.07, 6.45) is 0.615. The average Bonchev–Trinajstić information content (AvgIpc) is 1.63. The standard InChI is InChI=1S/C7H14NO/c1-4-8-7(9)5-6(2)3/h4,6H,5H2,1-3H3,(H,8,9). The van der Waals surface area contributed by atoms with Crippen LogP contribution in [0.2, 0.25) is 0 Å². The van der Waals surface area contributed by atoms with Crippen LogP contribution in [0.3, 0.4) is 0 Å². The second-order valence-electron chi connectivity index (χ2n) is 2.45. The zero-order valence-corrected chi connectivity index (χ0v) is 6.27. The quantitative estimate of drug-likeness (QED) is 0.610. The smallest absolute Gasteiger partial charge is 0.220 e. The Hall–Kier alpha value is -0.530. The van der Waals surface area contributed by atoms with Crippen LogP contribution in [0.5, 0.6) is 0 Å². The molecule has 0 saturated carbocycles. The Labute approximate surface area is 56.6 Å². The normalized spacial score (nSPS) is 9.78. The minimum absolute atomic E-state index is 0.104. The Balaban J connectivity index is 3.27. The third-order valence-electron chi connectivity index (χ3n) is 0.899. The van der Waals surface area contributed by atoms with Crippen molar-refractivity contribution in [3.05, 3.63) is 6.54 Å². The van der Waals surface area contributed by atoms with Gasteiger partial charge in [0.1, 0.15) is 0 Å². The number of nitrogens with one attached hydrogen (secondary N) is 1. The maximum atomic E-state index is 10.7. The highest BCUT2D eigenvalue weighted by Crippen LogP contribution is 1.97. The lowest BCUT2D eigenvalue weighted by atomic mass is 10.1. The molecule has 0 aliphatic rings. The van der Waals surface area contributed by atoms with Gasteiger partial charge in [0, 0.05) is 13.0 Å². The molecule has 0 aliphatic heterocycles. The molecular formula is C7H14NO. The van der Waals surface area contributed by atoms with E-state index in [0.29, 0.717) is 12.3 Å². The van der Waals surface area contributed by atoms with Crippen molar-refractivity contribution >= 4 is 5.91 Å². The van der Waals surface area contributed by atoms with Crippen LogP contribution in [0.15, 0.2) is 0 Å². The van der Waals surface area contributed by atoms with Gasteiger partial charge in [-0.05, 0) is 12.8 Å². The summed E-state index contributed by atoms with van der Waals surface area (Å²) in [5.41, 5.74) is 0. The first-order valence-corrected chi connectivity index (χ1v) is 3.24. The Morgan fingerprint density at radius 3 is 2.56 bits per heavy atom. The summed E-state index contributed by atoms with van der Waals surface area (Å²) in [4.78, 5) is 10.7. The highest BCUT2D eigenvalue weighted by atomic mass is 16.1. The number of amides is 1. The number of hydrogen-bond acceptors (Lipinski definition) is 1. The van der Waals surface area contributed by atoms with Gasteiger partial charge in [-0.15, -0.1) is 0 Å². The van der Waals surface area contributed by atoms with Crippen LogP contribution in [0.25, 0.3) is 0 Å². The van der Waals surface area contributed by atoms with Gasteiger partial charge in [-0.2, -0.15) is 0 Å². The van der Waals surface area contributed by atoms with Crippen LogP contribution in [0, 0.1) is 12.5 Å². The number of rotatable bonds is 3. The van der Waals surface area contributed by atoms with E-state index in [1.165, 1.54) is 0 Å². The summed E-state index contributed by atoms with van der Waals surface area (Å²) in [6, 6.07) is 0. The maximum Gasteiger partial charge on any atom is 0.220 e. The van der Waals surface area contributed by atoms with E-state index in [1.807, 2.05) is 13.8 Å². The van der Waals surface area contributed by atoms with E-state index in [9.17, 15) is 4.79 Å². The molecular weight excluding hydrogens is 114 g/mol. The minimum Gasteiger partial charge on any atom is -0.352 e. The molecule has 0 rings (SSSR count). The molecule has 2 nitrogen and oxygen atoms in total. The topological polar surface area (TPSA) is 29.1 Å². The van der Waals surface area contributed by atoms with Gasteiger partial charge < -0.3 is 5.32 Å². The summed E-state index contributed by atoms with van der Waals surface area (Å²) in [5.74, 6) is 0.553. The summed E-state index contributed by atoms with van der Waals surface area (Å²) >= 11 is 0. The molecule has 0 aromatic rings. The van der Waals surface area contributed by atoms with E-state index in [0.717, 1.165) is 0 Å². The predicted octanol–water partition coefficient (Wildman–Crippen LogP) is 1.33. The molecule has 1 amide bonds. The summed E-state index contributed by atoms with van der Waals surface area (Å²) in [6.45, 7) is 7.51. The third kappa shape index (κ3) is 5.34. The van der Waals surface area contributed by atoms with Crippen LogP contribution in [0.4, 0.5) is 0 Å². The number of carbonyl (C=O) groups excluding carboxylic acids is 1. The Morgan fingerprint density at radius 2 is 2.22 bits per heavy atom. The van der Waals surface area contributed by atoms with E-state index in [1.54, 1.807) is 13.5 Å². The first kappa shape index (κ1) is 8.47. The molecule has 2 heteroatoms. The maximum absolute atomic E-state index is 10.7. The van der Waals surface area contributed by atoms with Crippen molar-refractivity contribution in [3.63, 3.8) is 0 Å².